The van der Waals surface area contributed by atoms with E-state index in [2.05, 4.69) is 24.4 Å². The van der Waals surface area contributed by atoms with E-state index in [0.717, 1.165) is 40.1 Å². The Labute approximate surface area is 136 Å². The van der Waals surface area contributed by atoms with Crippen LogP contribution in [-0.4, -0.2) is 13.0 Å². The number of amides is 1. The van der Waals surface area contributed by atoms with Crippen molar-refractivity contribution in [1.82, 2.24) is 0 Å². The summed E-state index contributed by atoms with van der Waals surface area (Å²) in [5.74, 6) is 0.717. The molecule has 0 aromatic heterocycles. The Morgan fingerprint density at radius 2 is 2.04 bits per heavy atom. The fourth-order valence-electron chi connectivity index (χ4n) is 3.10. The molecule has 0 radical (unpaired) electrons. The summed E-state index contributed by atoms with van der Waals surface area (Å²) in [5.41, 5.74) is 11.6. The number of fused-ring (bicyclic) bond motifs is 1. The first-order chi connectivity index (χ1) is 11.0. The predicted octanol–water partition coefficient (Wildman–Crippen LogP) is 3.36. The van der Waals surface area contributed by atoms with Crippen molar-refractivity contribution in [2.75, 3.05) is 12.4 Å². The topological polar surface area (TPSA) is 64.3 Å². The number of methoxy groups -OCH3 is 1. The largest absolute Gasteiger partial charge is 0.497 e. The molecule has 0 fully saturated rings. The second-order valence-corrected chi connectivity index (χ2v) is 5.96. The Kier molecular flexibility index (Phi) is 4.09. The van der Waals surface area contributed by atoms with Gasteiger partial charge in [0.05, 0.1) is 19.1 Å². The van der Waals surface area contributed by atoms with E-state index in [9.17, 15) is 4.79 Å². The molecule has 4 nitrogen and oxygen atoms in total. The third-order valence-corrected chi connectivity index (χ3v) is 4.57. The number of anilines is 1. The van der Waals surface area contributed by atoms with Gasteiger partial charge in [-0.1, -0.05) is 31.2 Å². The molecule has 0 spiro atoms. The molecule has 0 saturated carbocycles. The lowest BCUT2D eigenvalue weighted by atomic mass is 9.91. The van der Waals surface area contributed by atoms with Gasteiger partial charge in [-0.15, -0.1) is 0 Å². The Hall–Kier alpha value is -2.33. The van der Waals surface area contributed by atoms with Gasteiger partial charge in [-0.05, 0) is 47.7 Å². The second-order valence-electron chi connectivity index (χ2n) is 5.96. The summed E-state index contributed by atoms with van der Waals surface area (Å²) >= 11 is 0. The molecule has 1 amide bonds. The summed E-state index contributed by atoms with van der Waals surface area (Å²) < 4.78 is 5.28. The van der Waals surface area contributed by atoms with E-state index in [0.29, 0.717) is 0 Å². The van der Waals surface area contributed by atoms with Crippen molar-refractivity contribution in [1.29, 1.82) is 0 Å². The van der Waals surface area contributed by atoms with Crippen LogP contribution in [0.1, 0.15) is 48.1 Å². The van der Waals surface area contributed by atoms with Crippen LogP contribution in [0.25, 0.3) is 0 Å². The number of rotatable bonds is 4. The van der Waals surface area contributed by atoms with Crippen molar-refractivity contribution in [2.24, 2.45) is 5.73 Å². The molecule has 4 heteroatoms. The SMILES string of the molecule is CCc1cc(C(N)c2cccc(OC)c2)cc2c1NC(=O)C2C. The normalized spacial score (nSPS) is 17.6. The van der Waals surface area contributed by atoms with Crippen LogP contribution < -0.4 is 15.8 Å². The third kappa shape index (κ3) is 2.70. The van der Waals surface area contributed by atoms with E-state index in [1.807, 2.05) is 31.2 Å². The van der Waals surface area contributed by atoms with E-state index in [1.54, 1.807) is 7.11 Å². The van der Waals surface area contributed by atoms with E-state index in [-0.39, 0.29) is 17.9 Å². The van der Waals surface area contributed by atoms with Gasteiger partial charge in [-0.2, -0.15) is 0 Å². The zero-order valence-electron chi connectivity index (χ0n) is 13.7. The van der Waals surface area contributed by atoms with Crippen LogP contribution >= 0.6 is 0 Å². The molecule has 120 valence electrons. The second kappa shape index (κ2) is 6.05. The maximum atomic E-state index is 12.0. The van der Waals surface area contributed by atoms with Crippen molar-refractivity contribution >= 4 is 11.6 Å². The van der Waals surface area contributed by atoms with Crippen LogP contribution in [-0.2, 0) is 11.2 Å². The lowest BCUT2D eigenvalue weighted by Gasteiger charge is -2.17. The van der Waals surface area contributed by atoms with E-state index >= 15 is 0 Å². The fraction of sp³-hybridized carbons (Fsp3) is 0.316. The van der Waals surface area contributed by atoms with Crippen LogP contribution in [0.4, 0.5) is 5.69 Å². The number of carbonyl (C=O) groups is 1. The summed E-state index contributed by atoms with van der Waals surface area (Å²) in [6, 6.07) is 11.7. The summed E-state index contributed by atoms with van der Waals surface area (Å²) in [7, 11) is 1.65. The molecule has 1 heterocycles. The Balaban J connectivity index is 2.05. The van der Waals surface area contributed by atoms with E-state index < -0.39 is 0 Å². The third-order valence-electron chi connectivity index (χ3n) is 4.57. The Morgan fingerprint density at radius 3 is 2.74 bits per heavy atom. The molecule has 2 unspecified atom stereocenters. The number of nitrogens with one attached hydrogen (secondary N) is 1. The average molecular weight is 310 g/mol. The standard InChI is InChI=1S/C19H22N2O2/c1-4-12-8-14(10-16-11(2)19(22)21-18(12)16)17(20)13-6-5-7-15(9-13)23-3/h5-11,17H,4,20H2,1-3H3,(H,21,22). The number of aryl methyl sites for hydroxylation is 1. The number of nitrogens with two attached hydrogens (primary N) is 1. The molecule has 3 N–H and O–H groups in total. The zero-order valence-corrected chi connectivity index (χ0v) is 13.7. The monoisotopic (exact) mass is 310 g/mol. The van der Waals surface area contributed by atoms with Crippen LogP contribution in [0.3, 0.4) is 0 Å². The molecule has 0 bridgehead atoms. The van der Waals surface area contributed by atoms with Gasteiger partial charge in [0, 0.05) is 5.69 Å². The van der Waals surface area contributed by atoms with Crippen LogP contribution in [0.2, 0.25) is 0 Å². The zero-order chi connectivity index (χ0) is 16.6. The molecule has 2 aromatic rings. The first-order valence-corrected chi connectivity index (χ1v) is 7.92. The number of benzene rings is 2. The maximum absolute atomic E-state index is 12.0. The molecule has 3 rings (SSSR count). The minimum Gasteiger partial charge on any atom is -0.497 e. The molecular weight excluding hydrogens is 288 g/mol. The highest BCUT2D eigenvalue weighted by Gasteiger charge is 2.29. The van der Waals surface area contributed by atoms with Crippen molar-refractivity contribution < 1.29 is 9.53 Å². The lowest BCUT2D eigenvalue weighted by molar-refractivity contribution is -0.116. The van der Waals surface area contributed by atoms with Crippen molar-refractivity contribution in [3.05, 3.63) is 58.7 Å². The Morgan fingerprint density at radius 1 is 1.26 bits per heavy atom. The van der Waals surface area contributed by atoms with Crippen molar-refractivity contribution in [3.63, 3.8) is 0 Å². The van der Waals surface area contributed by atoms with Gasteiger partial charge in [-0.3, -0.25) is 4.79 Å². The molecule has 23 heavy (non-hydrogen) atoms. The summed E-state index contributed by atoms with van der Waals surface area (Å²) in [6.07, 6.45) is 0.855. The minimum atomic E-state index is -0.247. The molecule has 0 saturated heterocycles. The highest BCUT2D eigenvalue weighted by molar-refractivity contribution is 6.03. The van der Waals surface area contributed by atoms with Crippen molar-refractivity contribution in [3.8, 4) is 5.75 Å². The molecule has 0 aliphatic carbocycles. The number of hydrogen-bond acceptors (Lipinski definition) is 3. The Bertz CT molecular complexity index is 755. The molecule has 2 aromatic carbocycles. The van der Waals surface area contributed by atoms with Crippen LogP contribution in [0, 0.1) is 0 Å². The smallest absolute Gasteiger partial charge is 0.231 e. The highest BCUT2D eigenvalue weighted by atomic mass is 16.5. The van der Waals surface area contributed by atoms with Gasteiger partial charge in [0.25, 0.3) is 0 Å². The average Bonchev–Trinajstić information content (AvgIpc) is 2.88. The molecule has 1 aliphatic rings. The van der Waals surface area contributed by atoms with Crippen molar-refractivity contribution in [2.45, 2.75) is 32.2 Å². The fourth-order valence-corrected chi connectivity index (χ4v) is 3.10. The first kappa shape index (κ1) is 15.6. The number of carbonyl (C=O) groups excluding carboxylic acids is 1. The molecule has 1 aliphatic heterocycles. The quantitative estimate of drug-likeness (QED) is 0.910. The van der Waals surface area contributed by atoms with E-state index in [1.165, 1.54) is 0 Å². The van der Waals surface area contributed by atoms with Crippen LogP contribution in [0.5, 0.6) is 5.75 Å². The van der Waals surface area contributed by atoms with Gasteiger partial charge in [0.15, 0.2) is 0 Å². The highest BCUT2D eigenvalue weighted by Crippen LogP contribution is 2.38. The number of hydrogen-bond donors (Lipinski definition) is 2. The van der Waals surface area contributed by atoms with Gasteiger partial charge in [0.1, 0.15) is 5.75 Å². The first-order valence-electron chi connectivity index (χ1n) is 7.92. The maximum Gasteiger partial charge on any atom is 0.231 e. The summed E-state index contributed by atoms with van der Waals surface area (Å²) in [6.45, 7) is 4.02. The van der Waals surface area contributed by atoms with Gasteiger partial charge in [-0.25, -0.2) is 0 Å². The van der Waals surface area contributed by atoms with Gasteiger partial charge >= 0.3 is 0 Å². The van der Waals surface area contributed by atoms with Gasteiger partial charge < -0.3 is 15.8 Å². The predicted molar refractivity (Wildman–Crippen MR) is 91.9 cm³/mol. The molecular formula is C19H22N2O2. The van der Waals surface area contributed by atoms with Gasteiger partial charge in [0.2, 0.25) is 5.91 Å². The number of ether oxygens (including phenoxy) is 1. The summed E-state index contributed by atoms with van der Waals surface area (Å²) in [5, 5.41) is 2.99. The summed E-state index contributed by atoms with van der Waals surface area (Å²) in [4.78, 5) is 12.0. The van der Waals surface area contributed by atoms with E-state index in [4.69, 9.17) is 10.5 Å². The molecule has 2 atom stereocenters. The minimum absolute atomic E-state index is 0.0572. The van der Waals surface area contributed by atoms with Crippen LogP contribution in [0.15, 0.2) is 36.4 Å². The lowest BCUT2D eigenvalue weighted by Crippen LogP contribution is -2.13.